The van der Waals surface area contributed by atoms with E-state index in [0.717, 1.165) is 44.3 Å². The summed E-state index contributed by atoms with van der Waals surface area (Å²) in [5.74, 6) is 0.990. The average Bonchev–Trinajstić information content (AvgIpc) is 3.40. The SMILES string of the molecule is CC(C)NC1CCN(S(=O)(=O)N2[C@@H]3CC[C@H]2C[C@@H](NC(=O)c2cc(C4CC4)on2)C3)CC1. The van der Waals surface area contributed by atoms with E-state index in [1.54, 1.807) is 14.7 Å². The number of hydrogen-bond donors (Lipinski definition) is 2. The second-order valence-corrected chi connectivity index (χ2v) is 12.1. The van der Waals surface area contributed by atoms with E-state index in [0.29, 0.717) is 49.6 Å². The maximum absolute atomic E-state index is 13.5. The fraction of sp³-hybridized carbons (Fsp3) is 0.818. The minimum Gasteiger partial charge on any atom is -0.360 e. The molecule has 5 rings (SSSR count). The van der Waals surface area contributed by atoms with Gasteiger partial charge in [0, 0.05) is 55.3 Å². The first kappa shape index (κ1) is 22.3. The van der Waals surface area contributed by atoms with Gasteiger partial charge >= 0.3 is 0 Å². The number of aromatic nitrogens is 1. The highest BCUT2D eigenvalue weighted by molar-refractivity contribution is 7.86. The molecule has 3 atom stereocenters. The molecule has 3 saturated heterocycles. The molecule has 1 saturated carbocycles. The molecule has 10 heteroatoms. The van der Waals surface area contributed by atoms with Gasteiger partial charge in [-0.3, -0.25) is 4.79 Å². The number of carbonyl (C=O) groups is 1. The third kappa shape index (κ3) is 4.47. The van der Waals surface area contributed by atoms with E-state index < -0.39 is 10.2 Å². The Morgan fingerprint density at radius 2 is 1.72 bits per heavy atom. The van der Waals surface area contributed by atoms with Crippen LogP contribution in [0.15, 0.2) is 10.6 Å². The molecule has 1 aliphatic carbocycles. The lowest BCUT2D eigenvalue weighted by molar-refractivity contribution is 0.0897. The van der Waals surface area contributed by atoms with Crippen molar-refractivity contribution in [2.75, 3.05) is 13.1 Å². The van der Waals surface area contributed by atoms with E-state index in [1.165, 1.54) is 0 Å². The van der Waals surface area contributed by atoms with E-state index in [9.17, 15) is 13.2 Å². The molecule has 0 unspecified atom stereocenters. The molecule has 2 bridgehead atoms. The Kier molecular flexibility index (Phi) is 6.06. The Morgan fingerprint density at radius 3 is 2.31 bits per heavy atom. The number of nitrogens with one attached hydrogen (secondary N) is 2. The molecular weight excluding hydrogens is 430 g/mol. The maximum atomic E-state index is 13.5. The molecule has 0 aromatic carbocycles. The van der Waals surface area contributed by atoms with Gasteiger partial charge in [0.1, 0.15) is 5.76 Å². The standard InChI is InChI=1S/C22H35N5O4S/c1-14(2)23-16-7-9-26(10-8-16)32(29,30)27-18-5-6-19(27)12-17(11-18)24-22(28)20-13-21(31-25-20)15-3-4-15/h13-19,23H,3-12H2,1-2H3,(H,24,28)/t17-,18+,19-. The van der Waals surface area contributed by atoms with Crippen molar-refractivity contribution in [1.82, 2.24) is 24.4 Å². The summed E-state index contributed by atoms with van der Waals surface area (Å²) in [5, 5.41) is 10.5. The third-order valence-corrected chi connectivity index (χ3v) is 9.50. The van der Waals surface area contributed by atoms with Crippen molar-refractivity contribution in [3.05, 3.63) is 17.5 Å². The van der Waals surface area contributed by atoms with Crippen molar-refractivity contribution < 1.29 is 17.7 Å². The van der Waals surface area contributed by atoms with E-state index in [-0.39, 0.29) is 24.0 Å². The van der Waals surface area contributed by atoms with Crippen LogP contribution in [-0.2, 0) is 10.2 Å². The van der Waals surface area contributed by atoms with Crippen LogP contribution in [-0.4, -0.2) is 71.4 Å². The molecule has 1 aromatic rings. The molecule has 3 aliphatic heterocycles. The van der Waals surface area contributed by atoms with Crippen molar-refractivity contribution in [2.24, 2.45) is 0 Å². The van der Waals surface area contributed by atoms with Crippen LogP contribution in [0, 0.1) is 0 Å². The highest BCUT2D eigenvalue weighted by Gasteiger charge is 2.49. The highest BCUT2D eigenvalue weighted by atomic mass is 32.2. The van der Waals surface area contributed by atoms with Gasteiger partial charge in [0.2, 0.25) is 0 Å². The second kappa shape index (κ2) is 8.70. The minimum atomic E-state index is -3.48. The quantitative estimate of drug-likeness (QED) is 0.638. The number of carbonyl (C=O) groups excluding carboxylic acids is 1. The monoisotopic (exact) mass is 465 g/mol. The van der Waals surface area contributed by atoms with Crippen LogP contribution >= 0.6 is 0 Å². The van der Waals surface area contributed by atoms with E-state index in [1.807, 2.05) is 0 Å². The lowest BCUT2D eigenvalue weighted by Crippen LogP contribution is -2.57. The van der Waals surface area contributed by atoms with Crippen LogP contribution in [0.5, 0.6) is 0 Å². The summed E-state index contributed by atoms with van der Waals surface area (Å²) in [5.41, 5.74) is 0.326. The van der Waals surface area contributed by atoms with Crippen LogP contribution in [0.3, 0.4) is 0 Å². The Labute approximate surface area is 190 Å². The molecule has 9 nitrogen and oxygen atoms in total. The molecule has 4 fully saturated rings. The fourth-order valence-corrected chi connectivity index (χ4v) is 7.78. The predicted octanol–water partition coefficient (Wildman–Crippen LogP) is 1.98. The number of amides is 1. The summed E-state index contributed by atoms with van der Waals surface area (Å²) in [7, 11) is -3.48. The van der Waals surface area contributed by atoms with E-state index in [4.69, 9.17) is 4.52 Å². The molecule has 4 heterocycles. The summed E-state index contributed by atoms with van der Waals surface area (Å²) in [6.07, 6.45) is 6.91. The number of hydrogen-bond acceptors (Lipinski definition) is 6. The molecule has 0 radical (unpaired) electrons. The first-order valence-electron chi connectivity index (χ1n) is 12.1. The molecule has 178 valence electrons. The van der Waals surface area contributed by atoms with Gasteiger partial charge in [-0.05, 0) is 51.4 Å². The molecule has 32 heavy (non-hydrogen) atoms. The Bertz CT molecular complexity index is 922. The van der Waals surface area contributed by atoms with Crippen LogP contribution in [0.1, 0.15) is 87.4 Å². The smallest absolute Gasteiger partial charge is 0.282 e. The van der Waals surface area contributed by atoms with Crippen molar-refractivity contribution in [3.8, 4) is 0 Å². The van der Waals surface area contributed by atoms with Crippen molar-refractivity contribution in [3.63, 3.8) is 0 Å². The fourth-order valence-electron chi connectivity index (χ4n) is 5.70. The predicted molar refractivity (Wildman–Crippen MR) is 119 cm³/mol. The van der Waals surface area contributed by atoms with Crippen LogP contribution in [0.4, 0.5) is 0 Å². The van der Waals surface area contributed by atoms with Crippen LogP contribution < -0.4 is 10.6 Å². The van der Waals surface area contributed by atoms with Crippen molar-refractivity contribution >= 4 is 16.1 Å². The third-order valence-electron chi connectivity index (χ3n) is 7.36. The van der Waals surface area contributed by atoms with E-state index >= 15 is 0 Å². The van der Waals surface area contributed by atoms with Gasteiger partial charge in [-0.15, -0.1) is 0 Å². The maximum Gasteiger partial charge on any atom is 0.282 e. The first-order valence-corrected chi connectivity index (χ1v) is 13.5. The summed E-state index contributed by atoms with van der Waals surface area (Å²) >= 11 is 0. The minimum absolute atomic E-state index is 0.0338. The van der Waals surface area contributed by atoms with Gasteiger partial charge in [0.05, 0.1) is 0 Å². The molecular formula is C22H35N5O4S. The van der Waals surface area contributed by atoms with Crippen molar-refractivity contribution in [2.45, 2.75) is 101 Å². The zero-order valence-electron chi connectivity index (χ0n) is 19.0. The molecule has 1 amide bonds. The molecule has 2 N–H and O–H groups in total. The largest absolute Gasteiger partial charge is 0.360 e. The van der Waals surface area contributed by atoms with Gasteiger partial charge in [0.15, 0.2) is 5.69 Å². The van der Waals surface area contributed by atoms with Crippen molar-refractivity contribution in [1.29, 1.82) is 0 Å². The summed E-state index contributed by atoms with van der Waals surface area (Å²) < 4.78 is 35.7. The van der Waals surface area contributed by atoms with Gasteiger partial charge in [-0.2, -0.15) is 17.0 Å². The van der Waals surface area contributed by atoms with Gasteiger partial charge in [-0.25, -0.2) is 0 Å². The summed E-state index contributed by atoms with van der Waals surface area (Å²) in [6.45, 7) is 5.38. The highest BCUT2D eigenvalue weighted by Crippen LogP contribution is 2.41. The summed E-state index contributed by atoms with van der Waals surface area (Å²) in [6, 6.07) is 2.42. The first-order chi connectivity index (χ1) is 15.3. The Balaban J connectivity index is 1.19. The van der Waals surface area contributed by atoms with Gasteiger partial charge in [-0.1, -0.05) is 19.0 Å². The normalized spacial score (nSPS) is 30.2. The number of nitrogens with zero attached hydrogens (tertiary/aromatic N) is 3. The number of rotatable bonds is 7. The molecule has 4 aliphatic rings. The molecule has 0 spiro atoms. The topological polar surface area (TPSA) is 108 Å². The lowest BCUT2D eigenvalue weighted by atomic mass is 9.99. The zero-order chi connectivity index (χ0) is 22.5. The van der Waals surface area contributed by atoms with E-state index in [2.05, 4.69) is 29.6 Å². The van der Waals surface area contributed by atoms with Gasteiger partial charge < -0.3 is 15.2 Å². The Morgan fingerprint density at radius 1 is 1.06 bits per heavy atom. The number of fused-ring (bicyclic) bond motifs is 2. The van der Waals surface area contributed by atoms with Crippen LogP contribution in [0.25, 0.3) is 0 Å². The second-order valence-electron chi connectivity index (χ2n) is 10.2. The average molecular weight is 466 g/mol. The zero-order valence-corrected chi connectivity index (χ0v) is 19.8. The lowest BCUT2D eigenvalue weighted by Gasteiger charge is -2.42. The van der Waals surface area contributed by atoms with Crippen LogP contribution in [0.2, 0.25) is 0 Å². The summed E-state index contributed by atoms with van der Waals surface area (Å²) in [4.78, 5) is 12.7. The molecule has 1 aromatic heterocycles. The van der Waals surface area contributed by atoms with Gasteiger partial charge in [0.25, 0.3) is 16.1 Å². The Hall–Kier alpha value is -1.49. The number of piperidine rings is 2.